The number of rotatable bonds is 6. The van der Waals surface area contributed by atoms with E-state index in [-0.39, 0.29) is 11.8 Å². The van der Waals surface area contributed by atoms with Crippen molar-refractivity contribution in [2.45, 2.75) is 19.4 Å². The summed E-state index contributed by atoms with van der Waals surface area (Å²) in [6.07, 6.45) is 7.30. The number of nitrogens with one attached hydrogen (secondary N) is 1. The van der Waals surface area contributed by atoms with Crippen LogP contribution in [0.3, 0.4) is 0 Å². The molecule has 4 aromatic rings. The third kappa shape index (κ3) is 4.29. The number of hydrogen-bond acceptors (Lipinski definition) is 7. The molecule has 1 fully saturated rings. The maximum absolute atomic E-state index is 12.7. The van der Waals surface area contributed by atoms with Gasteiger partial charge in [0, 0.05) is 37.6 Å². The molecule has 9 heteroatoms. The highest BCUT2D eigenvalue weighted by atomic mass is 32.1. The quantitative estimate of drug-likeness (QED) is 0.487. The van der Waals surface area contributed by atoms with E-state index in [2.05, 4.69) is 15.2 Å². The van der Waals surface area contributed by atoms with Gasteiger partial charge >= 0.3 is 0 Å². The van der Waals surface area contributed by atoms with Crippen molar-refractivity contribution < 1.29 is 9.53 Å². The number of ether oxygens (including phenoxy) is 1. The Bertz CT molecular complexity index is 1170. The van der Waals surface area contributed by atoms with Crippen LogP contribution >= 0.6 is 11.3 Å². The normalized spacial score (nSPS) is 16.3. The van der Waals surface area contributed by atoms with Crippen molar-refractivity contribution in [2.24, 2.45) is 5.92 Å². The van der Waals surface area contributed by atoms with Crippen molar-refractivity contribution in [3.05, 3.63) is 60.6 Å². The molecule has 4 heterocycles. The number of pyridine rings is 1. The van der Waals surface area contributed by atoms with Gasteiger partial charge in [-0.15, -0.1) is 5.10 Å². The lowest BCUT2D eigenvalue weighted by atomic mass is 9.97. The number of imidazole rings is 1. The lowest BCUT2D eigenvalue weighted by Gasteiger charge is -2.31. The van der Waals surface area contributed by atoms with Crippen molar-refractivity contribution in [1.29, 1.82) is 0 Å². The molecular weight excluding hydrogens is 424 g/mol. The summed E-state index contributed by atoms with van der Waals surface area (Å²) in [6, 6.07) is 11.7. The van der Waals surface area contributed by atoms with Gasteiger partial charge in [-0.3, -0.25) is 9.78 Å². The summed E-state index contributed by atoms with van der Waals surface area (Å²) in [5.74, 6) is 0.854. The first-order chi connectivity index (χ1) is 15.7. The second-order valence-corrected chi connectivity index (χ2v) is 8.77. The van der Waals surface area contributed by atoms with E-state index >= 15 is 0 Å². The molecule has 1 amide bonds. The van der Waals surface area contributed by atoms with Gasteiger partial charge in [-0.05, 0) is 48.7 Å². The molecule has 32 heavy (non-hydrogen) atoms. The fourth-order valence-corrected chi connectivity index (χ4v) is 4.84. The zero-order chi connectivity index (χ0) is 21.9. The minimum Gasteiger partial charge on any atom is -0.497 e. The zero-order valence-electron chi connectivity index (χ0n) is 17.8. The van der Waals surface area contributed by atoms with Gasteiger partial charge in [0.2, 0.25) is 16.0 Å². The van der Waals surface area contributed by atoms with Crippen LogP contribution in [0.25, 0.3) is 16.2 Å². The van der Waals surface area contributed by atoms with Gasteiger partial charge in [-0.1, -0.05) is 17.4 Å². The smallest absolute Gasteiger partial charge is 0.225 e. The van der Waals surface area contributed by atoms with Gasteiger partial charge in [0.05, 0.1) is 24.9 Å². The van der Waals surface area contributed by atoms with E-state index in [1.807, 2.05) is 47.1 Å². The summed E-state index contributed by atoms with van der Waals surface area (Å²) in [6.45, 7) is 2.07. The van der Waals surface area contributed by atoms with Crippen LogP contribution in [0.1, 0.15) is 18.4 Å². The minimum absolute atomic E-state index is 0.0495. The summed E-state index contributed by atoms with van der Waals surface area (Å²) >= 11 is 1.55. The highest BCUT2D eigenvalue weighted by Gasteiger charge is 2.27. The molecule has 0 radical (unpaired) electrons. The van der Waals surface area contributed by atoms with E-state index < -0.39 is 0 Å². The summed E-state index contributed by atoms with van der Waals surface area (Å²) in [5, 5.41) is 8.69. The van der Waals surface area contributed by atoms with Gasteiger partial charge in [0.1, 0.15) is 5.75 Å². The Kier molecular flexibility index (Phi) is 5.72. The SMILES string of the molecule is COc1ccc(-c2cn3nc(N4CCCC(C(=O)NCc5cccnc5)C4)sc3n2)cc1. The Morgan fingerprint density at radius 2 is 2.16 bits per heavy atom. The predicted molar refractivity (Wildman–Crippen MR) is 124 cm³/mol. The highest BCUT2D eigenvalue weighted by molar-refractivity contribution is 7.20. The molecule has 0 bridgehead atoms. The van der Waals surface area contributed by atoms with Gasteiger partial charge in [0.15, 0.2) is 0 Å². The molecule has 1 aliphatic heterocycles. The van der Waals surface area contributed by atoms with Crippen molar-refractivity contribution in [3.63, 3.8) is 0 Å². The molecule has 5 rings (SSSR count). The number of hydrogen-bond donors (Lipinski definition) is 1. The predicted octanol–water partition coefficient (Wildman–Crippen LogP) is 3.39. The molecule has 1 aliphatic rings. The maximum Gasteiger partial charge on any atom is 0.225 e. The standard InChI is InChI=1S/C23H24N6O2S/c1-31-19-8-6-17(7-9-19)20-15-29-22(26-20)32-23(27-29)28-11-3-5-18(14-28)21(30)25-13-16-4-2-10-24-12-16/h2,4,6-10,12,15,18H,3,5,11,13-14H2,1H3,(H,25,30). The number of aromatic nitrogens is 4. The Morgan fingerprint density at radius 1 is 1.28 bits per heavy atom. The van der Waals surface area contributed by atoms with Crippen molar-refractivity contribution in [3.8, 4) is 17.0 Å². The average Bonchev–Trinajstić information content (AvgIpc) is 3.43. The third-order valence-corrected chi connectivity index (χ3v) is 6.65. The van der Waals surface area contributed by atoms with Crippen LogP contribution in [-0.4, -0.2) is 45.7 Å². The van der Waals surface area contributed by atoms with Crippen molar-refractivity contribution >= 4 is 27.3 Å². The van der Waals surface area contributed by atoms with Crippen LogP contribution in [-0.2, 0) is 11.3 Å². The second kappa shape index (κ2) is 8.96. The summed E-state index contributed by atoms with van der Waals surface area (Å²) in [4.78, 5) is 24.6. The van der Waals surface area contributed by atoms with Gasteiger partial charge < -0.3 is 15.0 Å². The fraction of sp³-hybridized carbons (Fsp3) is 0.304. The molecule has 1 atom stereocenters. The molecule has 3 aromatic heterocycles. The van der Waals surface area contributed by atoms with Gasteiger partial charge in [-0.2, -0.15) is 0 Å². The van der Waals surface area contributed by atoms with Gasteiger partial charge in [-0.25, -0.2) is 9.50 Å². The zero-order valence-corrected chi connectivity index (χ0v) is 18.6. The highest BCUT2D eigenvalue weighted by Crippen LogP contribution is 2.30. The molecule has 0 saturated carbocycles. The number of fused-ring (bicyclic) bond motifs is 1. The molecule has 1 unspecified atom stereocenters. The van der Waals surface area contributed by atoms with Crippen LogP contribution in [0.5, 0.6) is 5.75 Å². The van der Waals surface area contributed by atoms with Crippen molar-refractivity contribution in [1.82, 2.24) is 24.9 Å². The molecule has 1 N–H and O–H groups in total. The Hall–Kier alpha value is -3.46. The molecule has 1 saturated heterocycles. The summed E-state index contributed by atoms with van der Waals surface area (Å²) in [5.41, 5.74) is 2.90. The number of piperidine rings is 1. The van der Waals surface area contributed by atoms with E-state index in [4.69, 9.17) is 14.8 Å². The third-order valence-electron chi connectivity index (χ3n) is 5.67. The fourth-order valence-electron chi connectivity index (χ4n) is 3.92. The summed E-state index contributed by atoms with van der Waals surface area (Å²) < 4.78 is 7.05. The number of carbonyl (C=O) groups is 1. The van der Waals surface area contributed by atoms with E-state index in [9.17, 15) is 4.79 Å². The maximum atomic E-state index is 12.7. The molecule has 1 aromatic carbocycles. The van der Waals surface area contributed by atoms with E-state index in [1.54, 1.807) is 30.8 Å². The van der Waals surface area contributed by atoms with E-state index in [1.165, 1.54) is 0 Å². The number of carbonyl (C=O) groups excluding carboxylic acids is 1. The summed E-state index contributed by atoms with van der Waals surface area (Å²) in [7, 11) is 1.66. The molecule has 164 valence electrons. The average molecular weight is 449 g/mol. The molecule has 8 nitrogen and oxygen atoms in total. The number of anilines is 1. The van der Waals surface area contributed by atoms with Crippen LogP contribution < -0.4 is 15.0 Å². The second-order valence-electron chi connectivity index (χ2n) is 7.83. The molecule has 0 spiro atoms. The lowest BCUT2D eigenvalue weighted by Crippen LogP contribution is -2.43. The minimum atomic E-state index is -0.0495. The first-order valence-corrected chi connectivity index (χ1v) is 11.4. The number of amides is 1. The Morgan fingerprint density at radius 3 is 2.91 bits per heavy atom. The molecule has 0 aliphatic carbocycles. The van der Waals surface area contributed by atoms with Gasteiger partial charge in [0.25, 0.3) is 0 Å². The first-order valence-electron chi connectivity index (χ1n) is 10.6. The Balaban J connectivity index is 1.25. The van der Waals surface area contributed by atoms with E-state index in [0.717, 1.165) is 52.0 Å². The van der Waals surface area contributed by atoms with Crippen LogP contribution in [0.15, 0.2) is 55.0 Å². The number of nitrogens with zero attached hydrogens (tertiary/aromatic N) is 5. The Labute approximate surface area is 189 Å². The number of methoxy groups -OCH3 is 1. The lowest BCUT2D eigenvalue weighted by molar-refractivity contribution is -0.125. The monoisotopic (exact) mass is 448 g/mol. The van der Waals surface area contributed by atoms with E-state index in [0.29, 0.717) is 13.1 Å². The largest absolute Gasteiger partial charge is 0.497 e. The van der Waals surface area contributed by atoms with Crippen molar-refractivity contribution in [2.75, 3.05) is 25.1 Å². The number of benzene rings is 1. The van der Waals surface area contributed by atoms with Crippen LogP contribution in [0, 0.1) is 5.92 Å². The first kappa shape index (κ1) is 20.4. The van der Waals surface area contributed by atoms with Crippen LogP contribution in [0.4, 0.5) is 5.13 Å². The molecular formula is C23H24N6O2S. The topological polar surface area (TPSA) is 84.7 Å². The van der Waals surface area contributed by atoms with Crippen LogP contribution in [0.2, 0.25) is 0 Å².